The average molecular weight is 194 g/mol. The largest absolute Gasteiger partial charge is 0.314 e. The van der Waals surface area contributed by atoms with Gasteiger partial charge in [0.05, 0.1) is 0 Å². The summed E-state index contributed by atoms with van der Waals surface area (Å²) >= 11 is 0. The number of rotatable bonds is 3. The van der Waals surface area contributed by atoms with Crippen molar-refractivity contribution >= 4 is 0 Å². The average Bonchev–Trinajstić information content (AvgIpc) is 2.88. The van der Waals surface area contributed by atoms with Gasteiger partial charge in [-0.25, -0.2) is 0 Å². The Kier molecular flexibility index (Phi) is 2.29. The van der Waals surface area contributed by atoms with E-state index in [1.165, 1.54) is 38.9 Å². The Labute approximate surface area is 87.0 Å². The predicted molar refractivity (Wildman–Crippen MR) is 58.3 cm³/mol. The van der Waals surface area contributed by atoms with Gasteiger partial charge in [-0.1, -0.05) is 19.8 Å². The lowest BCUT2D eigenvalue weighted by Gasteiger charge is -2.44. The number of nitrogens with one attached hydrogen (secondary N) is 1. The van der Waals surface area contributed by atoms with Crippen molar-refractivity contribution in [2.45, 2.75) is 44.7 Å². The van der Waals surface area contributed by atoms with Crippen LogP contribution in [0, 0.1) is 11.8 Å². The molecule has 2 saturated carbocycles. The summed E-state index contributed by atoms with van der Waals surface area (Å²) in [7, 11) is 0. The molecular weight excluding hydrogens is 172 g/mol. The molecule has 2 aliphatic carbocycles. The maximum Gasteiger partial charge on any atom is 0.0348 e. The summed E-state index contributed by atoms with van der Waals surface area (Å²) in [5.74, 6) is 2.21. The molecule has 0 bridgehead atoms. The first-order chi connectivity index (χ1) is 6.90. The third-order valence-corrected chi connectivity index (χ3v) is 4.57. The van der Waals surface area contributed by atoms with Crippen molar-refractivity contribution < 1.29 is 0 Å². The van der Waals surface area contributed by atoms with Gasteiger partial charge in [-0.2, -0.15) is 0 Å². The summed E-state index contributed by atoms with van der Waals surface area (Å²) in [6.45, 7) is 6.08. The van der Waals surface area contributed by atoms with E-state index in [0.29, 0.717) is 0 Å². The highest BCUT2D eigenvalue weighted by Crippen LogP contribution is 2.51. The molecule has 3 aliphatic rings. The monoisotopic (exact) mass is 194 g/mol. The number of likely N-dealkylation sites (N-methyl/N-ethyl adjacent to an activating group) is 1. The Balaban J connectivity index is 1.65. The second-order valence-corrected chi connectivity index (χ2v) is 5.30. The Hall–Kier alpha value is -0.0800. The molecule has 1 N–H and O–H groups in total. The normalized spacial score (nSPS) is 42.0. The van der Waals surface area contributed by atoms with Crippen LogP contribution in [0.2, 0.25) is 0 Å². The lowest BCUT2D eigenvalue weighted by molar-refractivity contribution is 0.0710. The fourth-order valence-electron chi connectivity index (χ4n) is 3.56. The van der Waals surface area contributed by atoms with Crippen LogP contribution in [-0.2, 0) is 0 Å². The first-order valence-corrected chi connectivity index (χ1v) is 6.36. The summed E-state index contributed by atoms with van der Waals surface area (Å²) in [5.41, 5.74) is 0. The van der Waals surface area contributed by atoms with Gasteiger partial charge in [0, 0.05) is 25.2 Å². The first-order valence-electron chi connectivity index (χ1n) is 6.36. The zero-order valence-corrected chi connectivity index (χ0v) is 9.21. The van der Waals surface area contributed by atoms with Gasteiger partial charge in [0.1, 0.15) is 0 Å². The van der Waals surface area contributed by atoms with Crippen LogP contribution in [0.25, 0.3) is 0 Å². The van der Waals surface area contributed by atoms with Crippen LogP contribution in [0.5, 0.6) is 0 Å². The summed E-state index contributed by atoms with van der Waals surface area (Å²) in [6, 6.07) is 1.81. The van der Waals surface area contributed by atoms with Crippen molar-refractivity contribution in [3.8, 4) is 0 Å². The Morgan fingerprint density at radius 1 is 1.29 bits per heavy atom. The second kappa shape index (κ2) is 3.49. The quantitative estimate of drug-likeness (QED) is 0.732. The highest BCUT2D eigenvalue weighted by atomic mass is 15.3. The van der Waals surface area contributed by atoms with E-state index in [1.807, 2.05) is 0 Å². The molecule has 3 atom stereocenters. The molecular formula is C12H22N2. The molecule has 0 amide bonds. The van der Waals surface area contributed by atoms with E-state index in [4.69, 9.17) is 0 Å². The molecule has 2 heteroatoms. The smallest absolute Gasteiger partial charge is 0.0348 e. The number of nitrogens with zero attached hydrogens (tertiary/aromatic N) is 1. The van der Waals surface area contributed by atoms with Gasteiger partial charge in [0.25, 0.3) is 0 Å². The molecule has 2 nitrogen and oxygen atoms in total. The minimum absolute atomic E-state index is 0.865. The fourth-order valence-corrected chi connectivity index (χ4v) is 3.56. The van der Waals surface area contributed by atoms with E-state index in [1.54, 1.807) is 6.42 Å². The lowest BCUT2D eigenvalue weighted by Crippen LogP contribution is -2.60. The van der Waals surface area contributed by atoms with Gasteiger partial charge in [-0.3, -0.25) is 4.90 Å². The fraction of sp³-hybridized carbons (Fsp3) is 1.00. The van der Waals surface area contributed by atoms with Crippen LogP contribution in [0.15, 0.2) is 0 Å². The molecule has 3 unspecified atom stereocenters. The van der Waals surface area contributed by atoms with Gasteiger partial charge in [-0.05, 0) is 31.2 Å². The van der Waals surface area contributed by atoms with E-state index >= 15 is 0 Å². The van der Waals surface area contributed by atoms with E-state index in [9.17, 15) is 0 Å². The topological polar surface area (TPSA) is 15.3 Å². The minimum atomic E-state index is 0.865. The van der Waals surface area contributed by atoms with Gasteiger partial charge in [0.2, 0.25) is 0 Å². The lowest BCUT2D eigenvalue weighted by atomic mass is 9.92. The van der Waals surface area contributed by atoms with Crippen molar-refractivity contribution in [2.75, 3.05) is 19.6 Å². The molecule has 0 spiro atoms. The van der Waals surface area contributed by atoms with Crippen molar-refractivity contribution in [1.29, 1.82) is 0 Å². The molecule has 14 heavy (non-hydrogen) atoms. The molecule has 80 valence electrons. The third kappa shape index (κ3) is 1.40. The van der Waals surface area contributed by atoms with Crippen LogP contribution in [0.1, 0.15) is 32.6 Å². The van der Waals surface area contributed by atoms with Crippen LogP contribution in [-0.4, -0.2) is 36.6 Å². The second-order valence-electron chi connectivity index (χ2n) is 5.30. The molecule has 0 radical (unpaired) electrons. The maximum absolute atomic E-state index is 3.40. The van der Waals surface area contributed by atoms with Crippen LogP contribution >= 0.6 is 0 Å². The number of hydrogen-bond donors (Lipinski definition) is 1. The summed E-state index contributed by atoms with van der Waals surface area (Å²) < 4.78 is 0. The molecule has 0 aromatic carbocycles. The SMILES string of the molecule is CCN(C1CNC1)C1CCCC2CC21. The standard InChI is InChI=1S/C12H22N2/c1-2-14(10-7-13-8-10)12-5-3-4-9-6-11(9)12/h9-13H,2-8H2,1H3. The summed E-state index contributed by atoms with van der Waals surface area (Å²) in [5, 5.41) is 3.40. The Morgan fingerprint density at radius 3 is 2.79 bits per heavy atom. The Bertz CT molecular complexity index is 210. The van der Waals surface area contributed by atoms with Crippen molar-refractivity contribution in [2.24, 2.45) is 11.8 Å². The van der Waals surface area contributed by atoms with Gasteiger partial charge >= 0.3 is 0 Å². The highest BCUT2D eigenvalue weighted by molar-refractivity contribution is 5.01. The van der Waals surface area contributed by atoms with E-state index in [0.717, 1.165) is 23.9 Å². The molecule has 0 aromatic heterocycles. The van der Waals surface area contributed by atoms with Gasteiger partial charge < -0.3 is 5.32 Å². The summed E-state index contributed by atoms with van der Waals surface area (Å²) in [6.07, 6.45) is 6.04. The molecule has 1 aliphatic heterocycles. The van der Waals surface area contributed by atoms with Crippen LogP contribution in [0.4, 0.5) is 0 Å². The highest BCUT2D eigenvalue weighted by Gasteiger charge is 2.48. The summed E-state index contributed by atoms with van der Waals surface area (Å²) in [4.78, 5) is 2.79. The molecule has 3 fully saturated rings. The van der Waals surface area contributed by atoms with E-state index in [-0.39, 0.29) is 0 Å². The van der Waals surface area contributed by atoms with Crippen LogP contribution in [0.3, 0.4) is 0 Å². The van der Waals surface area contributed by atoms with E-state index < -0.39 is 0 Å². The predicted octanol–water partition coefficient (Wildman–Crippen LogP) is 1.47. The zero-order chi connectivity index (χ0) is 9.54. The molecule has 1 heterocycles. The third-order valence-electron chi connectivity index (χ3n) is 4.57. The first kappa shape index (κ1) is 9.17. The van der Waals surface area contributed by atoms with Crippen molar-refractivity contribution in [3.05, 3.63) is 0 Å². The van der Waals surface area contributed by atoms with Crippen molar-refractivity contribution in [3.63, 3.8) is 0 Å². The minimum Gasteiger partial charge on any atom is -0.314 e. The van der Waals surface area contributed by atoms with Gasteiger partial charge in [-0.15, -0.1) is 0 Å². The molecule has 0 aromatic rings. The van der Waals surface area contributed by atoms with E-state index in [2.05, 4.69) is 17.1 Å². The van der Waals surface area contributed by atoms with Gasteiger partial charge in [0.15, 0.2) is 0 Å². The maximum atomic E-state index is 3.40. The number of hydrogen-bond acceptors (Lipinski definition) is 2. The zero-order valence-electron chi connectivity index (χ0n) is 9.21. The van der Waals surface area contributed by atoms with Crippen molar-refractivity contribution in [1.82, 2.24) is 10.2 Å². The number of fused-ring (bicyclic) bond motifs is 1. The molecule has 3 rings (SSSR count). The Morgan fingerprint density at radius 2 is 2.14 bits per heavy atom. The van der Waals surface area contributed by atoms with Crippen LogP contribution < -0.4 is 5.32 Å². The molecule has 1 saturated heterocycles.